The Bertz CT molecular complexity index is 397. The Hall–Kier alpha value is -0.590. The molecular weight excluding hydrogens is 304 g/mol. The van der Waals surface area contributed by atoms with E-state index in [2.05, 4.69) is 21.2 Å². The largest absolute Gasteiger partial charge is 0.394 e. The van der Waals surface area contributed by atoms with Gasteiger partial charge in [0, 0.05) is 11.4 Å². The Morgan fingerprint density at radius 2 is 2.47 bits per heavy atom. The van der Waals surface area contributed by atoms with Crippen LogP contribution in [0.3, 0.4) is 0 Å². The summed E-state index contributed by atoms with van der Waals surface area (Å²) in [4.78, 5) is 14.7. The highest BCUT2D eigenvalue weighted by atomic mass is 79.9. The summed E-state index contributed by atoms with van der Waals surface area (Å²) in [7, 11) is 0. The van der Waals surface area contributed by atoms with Crippen LogP contribution in [0.1, 0.15) is 17.7 Å². The molecule has 1 atom stereocenters. The third-order valence-corrected chi connectivity index (χ3v) is 4.52. The van der Waals surface area contributed by atoms with Gasteiger partial charge in [-0.3, -0.25) is 0 Å². The van der Waals surface area contributed by atoms with Gasteiger partial charge in [-0.05, 0) is 40.9 Å². The van der Waals surface area contributed by atoms with Crippen LogP contribution in [0, 0.1) is 0 Å². The van der Waals surface area contributed by atoms with E-state index in [1.807, 2.05) is 12.1 Å². The molecule has 6 heteroatoms. The van der Waals surface area contributed by atoms with Crippen molar-refractivity contribution >= 4 is 33.3 Å². The highest BCUT2D eigenvalue weighted by Gasteiger charge is 2.27. The maximum absolute atomic E-state index is 11.9. The van der Waals surface area contributed by atoms with Crippen molar-refractivity contribution in [2.75, 3.05) is 13.2 Å². The summed E-state index contributed by atoms with van der Waals surface area (Å²) < 4.78 is 1.07. The summed E-state index contributed by atoms with van der Waals surface area (Å²) in [5.41, 5.74) is 0. The molecule has 1 aromatic rings. The molecule has 0 aromatic carbocycles. The molecule has 1 aromatic heterocycles. The number of amides is 2. The highest BCUT2D eigenvalue weighted by molar-refractivity contribution is 9.11. The molecule has 0 spiro atoms. The van der Waals surface area contributed by atoms with Crippen molar-refractivity contribution in [2.45, 2.75) is 25.4 Å². The molecule has 17 heavy (non-hydrogen) atoms. The smallest absolute Gasteiger partial charge is 0.318 e. The van der Waals surface area contributed by atoms with Crippen molar-refractivity contribution in [3.8, 4) is 0 Å². The Morgan fingerprint density at radius 3 is 3.12 bits per heavy atom. The van der Waals surface area contributed by atoms with Gasteiger partial charge in [-0.15, -0.1) is 11.3 Å². The zero-order valence-corrected chi connectivity index (χ0v) is 11.8. The molecule has 1 fully saturated rings. The second-order valence-electron chi connectivity index (χ2n) is 4.04. The van der Waals surface area contributed by atoms with E-state index in [-0.39, 0.29) is 18.7 Å². The van der Waals surface area contributed by atoms with E-state index in [9.17, 15) is 4.79 Å². The standard InChI is InChI=1S/C11H15BrN2O2S/c12-10-4-3-9(17-10)6-13-11(16)14-5-1-2-8(14)7-15/h3-4,8,15H,1-2,5-7H2,(H,13,16). The van der Waals surface area contributed by atoms with Crippen LogP contribution in [0.25, 0.3) is 0 Å². The fourth-order valence-electron chi connectivity index (χ4n) is 2.00. The molecule has 0 aliphatic carbocycles. The van der Waals surface area contributed by atoms with Gasteiger partial charge in [0.15, 0.2) is 0 Å². The Balaban J connectivity index is 1.84. The van der Waals surface area contributed by atoms with Gasteiger partial charge in [0.05, 0.1) is 23.0 Å². The van der Waals surface area contributed by atoms with E-state index in [0.717, 1.165) is 28.0 Å². The number of nitrogens with one attached hydrogen (secondary N) is 1. The number of urea groups is 1. The first-order valence-corrected chi connectivity index (χ1v) is 7.21. The van der Waals surface area contributed by atoms with Gasteiger partial charge in [0.2, 0.25) is 0 Å². The van der Waals surface area contributed by atoms with Crippen LogP contribution in [-0.4, -0.2) is 35.2 Å². The zero-order chi connectivity index (χ0) is 12.3. The molecule has 2 heterocycles. The summed E-state index contributed by atoms with van der Waals surface area (Å²) in [5, 5.41) is 12.0. The van der Waals surface area contributed by atoms with Gasteiger partial charge in [0.1, 0.15) is 0 Å². The molecule has 0 saturated carbocycles. The van der Waals surface area contributed by atoms with Gasteiger partial charge in [-0.2, -0.15) is 0 Å². The minimum absolute atomic E-state index is 0.00919. The van der Waals surface area contributed by atoms with Crippen molar-refractivity contribution in [3.63, 3.8) is 0 Å². The lowest BCUT2D eigenvalue weighted by Gasteiger charge is -2.23. The van der Waals surface area contributed by atoms with Crippen LogP contribution in [0.15, 0.2) is 15.9 Å². The van der Waals surface area contributed by atoms with Gasteiger partial charge in [-0.25, -0.2) is 4.79 Å². The van der Waals surface area contributed by atoms with Crippen molar-refractivity contribution < 1.29 is 9.90 Å². The number of thiophene rings is 1. The Kier molecular flexibility index (Phi) is 4.42. The summed E-state index contributed by atoms with van der Waals surface area (Å²) in [6.07, 6.45) is 1.87. The van der Waals surface area contributed by atoms with Crippen LogP contribution >= 0.6 is 27.3 Å². The summed E-state index contributed by atoms with van der Waals surface area (Å²) in [5.74, 6) is 0. The fraction of sp³-hybridized carbons (Fsp3) is 0.545. The van der Waals surface area contributed by atoms with E-state index in [4.69, 9.17) is 5.11 Å². The first-order valence-electron chi connectivity index (χ1n) is 5.60. The molecular formula is C11H15BrN2O2S. The zero-order valence-electron chi connectivity index (χ0n) is 9.36. The lowest BCUT2D eigenvalue weighted by atomic mass is 10.2. The number of likely N-dealkylation sites (tertiary alicyclic amines) is 1. The minimum atomic E-state index is -0.0777. The van der Waals surface area contributed by atoms with Crippen LogP contribution in [0.5, 0.6) is 0 Å². The van der Waals surface area contributed by atoms with Crippen molar-refractivity contribution in [3.05, 3.63) is 20.8 Å². The minimum Gasteiger partial charge on any atom is -0.394 e. The second-order valence-corrected chi connectivity index (χ2v) is 6.58. The van der Waals surface area contributed by atoms with Crippen molar-refractivity contribution in [2.24, 2.45) is 0 Å². The molecule has 94 valence electrons. The average Bonchev–Trinajstić information content (AvgIpc) is 2.94. The lowest BCUT2D eigenvalue weighted by Crippen LogP contribution is -2.43. The normalized spacial score (nSPS) is 19.6. The number of aliphatic hydroxyl groups excluding tert-OH is 1. The molecule has 2 rings (SSSR count). The fourth-order valence-corrected chi connectivity index (χ4v) is 3.43. The van der Waals surface area contributed by atoms with Crippen LogP contribution < -0.4 is 5.32 Å². The van der Waals surface area contributed by atoms with Crippen molar-refractivity contribution in [1.82, 2.24) is 10.2 Å². The summed E-state index contributed by atoms with van der Waals surface area (Å²) in [6, 6.07) is 3.87. The van der Waals surface area contributed by atoms with Gasteiger partial charge in [-0.1, -0.05) is 0 Å². The SMILES string of the molecule is O=C(NCc1ccc(Br)s1)N1CCCC1CO. The van der Waals surface area contributed by atoms with Crippen LogP contribution in [-0.2, 0) is 6.54 Å². The quantitative estimate of drug-likeness (QED) is 0.897. The summed E-state index contributed by atoms with van der Waals surface area (Å²) >= 11 is 5.00. The summed E-state index contributed by atoms with van der Waals surface area (Å²) in [6.45, 7) is 1.34. The van der Waals surface area contributed by atoms with E-state index in [1.165, 1.54) is 0 Å². The number of carbonyl (C=O) groups is 1. The number of nitrogens with zero attached hydrogens (tertiary/aromatic N) is 1. The molecule has 0 bridgehead atoms. The van der Waals surface area contributed by atoms with Crippen LogP contribution in [0.2, 0.25) is 0 Å². The highest BCUT2D eigenvalue weighted by Crippen LogP contribution is 2.22. The maximum atomic E-state index is 11.9. The molecule has 4 nitrogen and oxygen atoms in total. The van der Waals surface area contributed by atoms with Gasteiger partial charge >= 0.3 is 6.03 Å². The molecule has 2 amide bonds. The van der Waals surface area contributed by atoms with Crippen molar-refractivity contribution in [1.29, 1.82) is 0 Å². The maximum Gasteiger partial charge on any atom is 0.318 e. The average molecular weight is 319 g/mol. The lowest BCUT2D eigenvalue weighted by molar-refractivity contribution is 0.157. The Morgan fingerprint density at radius 1 is 1.65 bits per heavy atom. The van der Waals surface area contributed by atoms with Gasteiger partial charge in [0.25, 0.3) is 0 Å². The molecule has 2 N–H and O–H groups in total. The number of halogens is 1. The topological polar surface area (TPSA) is 52.6 Å². The predicted molar refractivity (Wildman–Crippen MR) is 71.1 cm³/mol. The third kappa shape index (κ3) is 3.20. The molecule has 1 aliphatic heterocycles. The Labute approximate surface area is 113 Å². The van der Waals surface area contributed by atoms with E-state index in [0.29, 0.717) is 6.54 Å². The van der Waals surface area contributed by atoms with Crippen LogP contribution in [0.4, 0.5) is 4.79 Å². The molecule has 1 saturated heterocycles. The number of hydrogen-bond donors (Lipinski definition) is 2. The number of hydrogen-bond acceptors (Lipinski definition) is 3. The molecule has 1 aliphatic rings. The number of rotatable bonds is 3. The third-order valence-electron chi connectivity index (χ3n) is 2.89. The van der Waals surface area contributed by atoms with E-state index < -0.39 is 0 Å². The monoisotopic (exact) mass is 318 g/mol. The predicted octanol–water partition coefficient (Wildman–Crippen LogP) is 2.18. The second kappa shape index (κ2) is 5.84. The van der Waals surface area contributed by atoms with Gasteiger partial charge < -0.3 is 15.3 Å². The number of aliphatic hydroxyl groups is 1. The molecule has 1 unspecified atom stereocenters. The van der Waals surface area contributed by atoms with E-state index >= 15 is 0 Å². The molecule has 0 radical (unpaired) electrons. The first-order chi connectivity index (χ1) is 8.20. The number of carbonyl (C=O) groups excluding carboxylic acids is 1. The first kappa shape index (κ1) is 12.9. The van der Waals surface area contributed by atoms with E-state index in [1.54, 1.807) is 16.2 Å².